The molecule has 1 N–H and O–H groups in total. The highest BCUT2D eigenvalue weighted by Crippen LogP contribution is 2.21. The van der Waals surface area contributed by atoms with E-state index < -0.39 is 0 Å². The van der Waals surface area contributed by atoms with Crippen LogP contribution in [0.15, 0.2) is 65.5 Å². The molecular formula is C20H18N6O2. The molecule has 0 saturated carbocycles. The number of hydrogen-bond acceptors (Lipinski definition) is 6. The number of anilines is 1. The maximum absolute atomic E-state index is 12.3. The summed E-state index contributed by atoms with van der Waals surface area (Å²) < 4.78 is 7.28. The number of tetrazole rings is 1. The predicted octanol–water partition coefficient (Wildman–Crippen LogP) is 3.20. The summed E-state index contributed by atoms with van der Waals surface area (Å²) in [5.74, 6) is 1.11. The third kappa shape index (κ3) is 4.12. The fourth-order valence-electron chi connectivity index (χ4n) is 2.73. The fraction of sp³-hybridized carbons (Fsp3) is 0.150. The summed E-state index contributed by atoms with van der Waals surface area (Å²) in [6, 6.07) is 15.3. The van der Waals surface area contributed by atoms with Crippen molar-refractivity contribution in [2.75, 3.05) is 5.32 Å². The van der Waals surface area contributed by atoms with Gasteiger partial charge in [-0.15, -0.1) is 5.10 Å². The number of rotatable bonds is 6. The van der Waals surface area contributed by atoms with Gasteiger partial charge in [-0.05, 0) is 35.5 Å². The standard InChI is InChI=1S/C20H18N6O2/c1-14-5-7-15(8-6-14)18-12-21-20(28-18)10-9-19(27)23-16-3-2-4-17(11-16)26-13-22-24-25-26/h2-8,11-13H,9-10H2,1H3,(H,23,27). The van der Waals surface area contributed by atoms with E-state index >= 15 is 0 Å². The van der Waals surface area contributed by atoms with E-state index in [0.717, 1.165) is 11.3 Å². The minimum atomic E-state index is -0.121. The molecule has 0 saturated heterocycles. The summed E-state index contributed by atoms with van der Waals surface area (Å²) in [6.07, 6.45) is 3.87. The van der Waals surface area contributed by atoms with Crippen LogP contribution >= 0.6 is 0 Å². The van der Waals surface area contributed by atoms with Crippen molar-refractivity contribution in [2.45, 2.75) is 19.8 Å². The van der Waals surface area contributed by atoms with Gasteiger partial charge in [0, 0.05) is 24.1 Å². The SMILES string of the molecule is Cc1ccc(-c2cnc(CCC(=O)Nc3cccc(-n4cnnn4)c3)o2)cc1. The smallest absolute Gasteiger partial charge is 0.224 e. The van der Waals surface area contributed by atoms with E-state index in [9.17, 15) is 4.79 Å². The van der Waals surface area contributed by atoms with E-state index in [4.69, 9.17) is 4.42 Å². The minimum Gasteiger partial charge on any atom is -0.441 e. The molecule has 0 aliphatic carbocycles. The highest BCUT2D eigenvalue weighted by molar-refractivity contribution is 5.91. The number of benzene rings is 2. The Hall–Kier alpha value is -3.81. The van der Waals surface area contributed by atoms with E-state index in [1.807, 2.05) is 49.4 Å². The Morgan fingerprint density at radius 3 is 2.82 bits per heavy atom. The number of carbonyl (C=O) groups excluding carboxylic acids is 1. The van der Waals surface area contributed by atoms with Crippen molar-refractivity contribution in [3.05, 3.63) is 72.5 Å². The van der Waals surface area contributed by atoms with E-state index in [2.05, 4.69) is 25.8 Å². The summed E-state index contributed by atoms with van der Waals surface area (Å²) in [4.78, 5) is 16.5. The molecule has 4 aromatic rings. The number of carbonyl (C=O) groups is 1. The number of aryl methyl sites for hydroxylation is 2. The number of hydrogen-bond donors (Lipinski definition) is 1. The van der Waals surface area contributed by atoms with Crippen molar-refractivity contribution in [1.29, 1.82) is 0 Å². The molecule has 0 fully saturated rings. The summed E-state index contributed by atoms with van der Waals surface area (Å²) in [5, 5.41) is 13.9. The molecule has 28 heavy (non-hydrogen) atoms. The number of nitrogens with zero attached hydrogens (tertiary/aromatic N) is 5. The van der Waals surface area contributed by atoms with E-state index in [1.54, 1.807) is 12.3 Å². The first-order chi connectivity index (χ1) is 13.7. The average Bonchev–Trinajstić information content (AvgIpc) is 3.40. The van der Waals surface area contributed by atoms with Crippen molar-refractivity contribution >= 4 is 11.6 Å². The van der Waals surface area contributed by atoms with Crippen LogP contribution in [-0.2, 0) is 11.2 Å². The molecule has 8 heteroatoms. The number of amides is 1. The Labute approximate surface area is 161 Å². The lowest BCUT2D eigenvalue weighted by molar-refractivity contribution is -0.116. The number of nitrogens with one attached hydrogen (secondary N) is 1. The van der Waals surface area contributed by atoms with E-state index in [1.165, 1.54) is 16.6 Å². The molecule has 0 radical (unpaired) electrons. The molecule has 1 amide bonds. The molecule has 0 atom stereocenters. The zero-order valence-electron chi connectivity index (χ0n) is 15.2. The summed E-state index contributed by atoms with van der Waals surface area (Å²) >= 11 is 0. The van der Waals surface area contributed by atoms with Crippen LogP contribution in [0.5, 0.6) is 0 Å². The van der Waals surface area contributed by atoms with Crippen LogP contribution in [0.4, 0.5) is 5.69 Å². The van der Waals surface area contributed by atoms with E-state index in [-0.39, 0.29) is 12.3 Å². The molecule has 2 aromatic carbocycles. The lowest BCUT2D eigenvalue weighted by Gasteiger charge is -2.06. The third-order valence-corrected chi connectivity index (χ3v) is 4.20. The van der Waals surface area contributed by atoms with Crippen LogP contribution < -0.4 is 5.32 Å². The highest BCUT2D eigenvalue weighted by Gasteiger charge is 2.10. The quantitative estimate of drug-likeness (QED) is 0.556. The normalized spacial score (nSPS) is 10.8. The molecule has 140 valence electrons. The average molecular weight is 374 g/mol. The van der Waals surface area contributed by atoms with Gasteiger partial charge < -0.3 is 9.73 Å². The molecule has 0 unspecified atom stereocenters. The second-order valence-corrected chi connectivity index (χ2v) is 6.34. The lowest BCUT2D eigenvalue weighted by Crippen LogP contribution is -2.12. The number of aromatic nitrogens is 5. The Bertz CT molecular complexity index is 1070. The topological polar surface area (TPSA) is 98.7 Å². The molecule has 0 bridgehead atoms. The molecule has 4 rings (SSSR count). The lowest BCUT2D eigenvalue weighted by atomic mass is 10.1. The maximum atomic E-state index is 12.3. The van der Waals surface area contributed by atoms with Crippen molar-refractivity contribution < 1.29 is 9.21 Å². The minimum absolute atomic E-state index is 0.121. The number of oxazole rings is 1. The van der Waals surface area contributed by atoms with E-state index in [0.29, 0.717) is 23.8 Å². The third-order valence-electron chi connectivity index (χ3n) is 4.20. The van der Waals surface area contributed by atoms with Gasteiger partial charge in [-0.1, -0.05) is 35.9 Å². The van der Waals surface area contributed by atoms with Gasteiger partial charge in [-0.2, -0.15) is 0 Å². The molecule has 2 heterocycles. The summed E-state index contributed by atoms with van der Waals surface area (Å²) in [7, 11) is 0. The van der Waals surface area contributed by atoms with Gasteiger partial charge in [0.1, 0.15) is 6.33 Å². The van der Waals surface area contributed by atoms with Crippen LogP contribution in [0.1, 0.15) is 17.9 Å². The molecule has 0 aliphatic heterocycles. The van der Waals surface area contributed by atoms with Gasteiger partial charge in [0.05, 0.1) is 11.9 Å². The molecule has 0 aliphatic rings. The second kappa shape index (κ2) is 7.83. The van der Waals surface area contributed by atoms with Gasteiger partial charge in [0.2, 0.25) is 5.91 Å². The largest absolute Gasteiger partial charge is 0.441 e. The first-order valence-corrected chi connectivity index (χ1v) is 8.82. The molecule has 0 spiro atoms. The van der Waals surface area contributed by atoms with Crippen LogP contribution in [0, 0.1) is 6.92 Å². The first kappa shape index (κ1) is 17.6. The van der Waals surface area contributed by atoms with Crippen molar-refractivity contribution in [2.24, 2.45) is 0 Å². The Morgan fingerprint density at radius 1 is 1.18 bits per heavy atom. The second-order valence-electron chi connectivity index (χ2n) is 6.34. The van der Waals surface area contributed by atoms with Crippen LogP contribution in [0.25, 0.3) is 17.0 Å². The summed E-state index contributed by atoms with van der Waals surface area (Å²) in [5.41, 5.74) is 3.58. The van der Waals surface area contributed by atoms with Crippen molar-refractivity contribution in [3.63, 3.8) is 0 Å². The Kier molecular flexibility index (Phi) is 4.92. The molecule has 8 nitrogen and oxygen atoms in total. The van der Waals surface area contributed by atoms with Gasteiger partial charge in [-0.3, -0.25) is 4.79 Å². The monoisotopic (exact) mass is 374 g/mol. The molecule has 2 aromatic heterocycles. The highest BCUT2D eigenvalue weighted by atomic mass is 16.4. The summed E-state index contributed by atoms with van der Waals surface area (Å²) in [6.45, 7) is 2.03. The predicted molar refractivity (Wildman–Crippen MR) is 103 cm³/mol. The van der Waals surface area contributed by atoms with Gasteiger partial charge >= 0.3 is 0 Å². The van der Waals surface area contributed by atoms with Gasteiger partial charge in [-0.25, -0.2) is 9.67 Å². The van der Waals surface area contributed by atoms with Crippen molar-refractivity contribution in [3.8, 4) is 17.0 Å². The first-order valence-electron chi connectivity index (χ1n) is 8.82. The fourth-order valence-corrected chi connectivity index (χ4v) is 2.73. The van der Waals surface area contributed by atoms with Crippen LogP contribution in [-0.4, -0.2) is 31.1 Å². The van der Waals surface area contributed by atoms with Crippen LogP contribution in [0.3, 0.4) is 0 Å². The zero-order valence-corrected chi connectivity index (χ0v) is 15.2. The zero-order chi connectivity index (χ0) is 19.3. The Morgan fingerprint density at radius 2 is 2.04 bits per heavy atom. The maximum Gasteiger partial charge on any atom is 0.224 e. The van der Waals surface area contributed by atoms with Gasteiger partial charge in [0.15, 0.2) is 11.7 Å². The van der Waals surface area contributed by atoms with Crippen LogP contribution in [0.2, 0.25) is 0 Å². The van der Waals surface area contributed by atoms with Gasteiger partial charge in [0.25, 0.3) is 0 Å². The van der Waals surface area contributed by atoms with Crippen molar-refractivity contribution in [1.82, 2.24) is 25.2 Å². The molecular weight excluding hydrogens is 356 g/mol. The Balaban J connectivity index is 1.35.